The van der Waals surface area contributed by atoms with Crippen molar-refractivity contribution in [3.05, 3.63) is 47.7 Å². The molecule has 0 aromatic carbocycles. The predicted octanol–water partition coefficient (Wildman–Crippen LogP) is 2.44. The van der Waals surface area contributed by atoms with Gasteiger partial charge in [0, 0.05) is 6.54 Å². The molecule has 15 heteroatoms. The number of fused-ring (bicyclic) bond motifs is 1. The number of hydrogen-bond acceptors (Lipinski definition) is 7. The van der Waals surface area contributed by atoms with Gasteiger partial charge in [0.2, 0.25) is 0 Å². The van der Waals surface area contributed by atoms with E-state index in [0.717, 1.165) is 24.4 Å². The SMILES string of the molecule is CC1(C)C(NC(=O)O)=N[C@](C)(c2nc(NC(=O)c3ccc(OC(F)F)cn3)ccc2F)[C@@H]2CCN[SH]21=O. The first-order valence-electron chi connectivity index (χ1n) is 11.1. The predicted molar refractivity (Wildman–Crippen MR) is 129 cm³/mol. The van der Waals surface area contributed by atoms with Crippen molar-refractivity contribution in [2.75, 3.05) is 11.9 Å². The average Bonchev–Trinajstić information content (AvgIpc) is 3.23. The average molecular weight is 543 g/mol. The lowest BCUT2D eigenvalue weighted by molar-refractivity contribution is -0.0500. The van der Waals surface area contributed by atoms with E-state index in [4.69, 9.17) is 0 Å². The van der Waals surface area contributed by atoms with Gasteiger partial charge in [0.25, 0.3) is 5.91 Å². The molecule has 0 aliphatic carbocycles. The van der Waals surface area contributed by atoms with E-state index in [1.807, 2.05) is 0 Å². The molecule has 0 spiro atoms. The Bertz CT molecular complexity index is 1320. The zero-order chi connectivity index (χ0) is 27.2. The number of nitrogens with zero attached hydrogens (tertiary/aromatic N) is 3. The number of alkyl halides is 2. The van der Waals surface area contributed by atoms with Crippen molar-refractivity contribution in [3.8, 4) is 5.75 Å². The van der Waals surface area contributed by atoms with Gasteiger partial charge in [-0.2, -0.15) is 8.78 Å². The Balaban J connectivity index is 1.70. The number of aliphatic imine (C=N–C) groups is 1. The van der Waals surface area contributed by atoms with Crippen LogP contribution < -0.4 is 20.1 Å². The van der Waals surface area contributed by atoms with Gasteiger partial charge in [-0.1, -0.05) is 0 Å². The van der Waals surface area contributed by atoms with Crippen LogP contribution in [-0.4, -0.2) is 60.3 Å². The number of ether oxygens (including phenoxy) is 1. The summed E-state index contributed by atoms with van der Waals surface area (Å²) in [7, 11) is -3.38. The normalized spacial score (nSPS) is 24.5. The molecule has 4 rings (SSSR count). The number of carbonyl (C=O) groups excluding carboxylic acids is 1. The molecule has 2 atom stereocenters. The fraction of sp³-hybridized carbons (Fsp3) is 0.409. The molecule has 2 aromatic heterocycles. The Morgan fingerprint density at radius 2 is 1.95 bits per heavy atom. The van der Waals surface area contributed by atoms with E-state index in [2.05, 4.69) is 35.1 Å². The van der Waals surface area contributed by atoms with Crippen LogP contribution in [0.15, 0.2) is 35.5 Å². The van der Waals surface area contributed by atoms with Crippen molar-refractivity contribution in [1.29, 1.82) is 0 Å². The number of halogens is 3. The van der Waals surface area contributed by atoms with Crippen LogP contribution in [0.5, 0.6) is 5.75 Å². The summed E-state index contributed by atoms with van der Waals surface area (Å²) in [6.07, 6.45) is -0.0908. The Morgan fingerprint density at radius 3 is 2.57 bits per heavy atom. The molecule has 0 radical (unpaired) electrons. The standard InChI is InChI=1S/C22H25F3N6O5S/c1-21(2)18(30-20(33)34)31-22(3,14-8-9-27-37(14,21)35)16-12(23)5-7-15(28-16)29-17(32)13-6-4-11(10-26-13)36-19(24)25/h4-7,10,14,19,37H,8-9H2,1-3H3,(H,27,35)(H,30,31)(H,33,34)(H,28,29,32)/t14-,22-/m0/s1. The van der Waals surface area contributed by atoms with Crippen molar-refractivity contribution in [1.82, 2.24) is 20.0 Å². The zero-order valence-electron chi connectivity index (χ0n) is 20.0. The number of amidine groups is 1. The maximum absolute atomic E-state index is 15.2. The van der Waals surface area contributed by atoms with Crippen LogP contribution >= 0.6 is 0 Å². The molecule has 11 nitrogen and oxygen atoms in total. The third-order valence-electron chi connectivity index (χ3n) is 6.59. The Kier molecular flexibility index (Phi) is 6.71. The highest BCUT2D eigenvalue weighted by molar-refractivity contribution is 8.04. The number of aromatic nitrogens is 2. The van der Waals surface area contributed by atoms with Gasteiger partial charge < -0.3 is 15.2 Å². The summed E-state index contributed by atoms with van der Waals surface area (Å²) in [5, 5.41) is 13.3. The summed E-state index contributed by atoms with van der Waals surface area (Å²) in [4.78, 5) is 36.7. The second kappa shape index (κ2) is 9.37. The largest absolute Gasteiger partial charge is 0.465 e. The number of thiol groups is 1. The monoisotopic (exact) mass is 542 g/mol. The lowest BCUT2D eigenvalue weighted by atomic mass is 9.89. The minimum Gasteiger partial charge on any atom is -0.465 e. The highest BCUT2D eigenvalue weighted by Crippen LogP contribution is 2.48. The summed E-state index contributed by atoms with van der Waals surface area (Å²) in [5.41, 5.74) is -1.91. The van der Waals surface area contributed by atoms with E-state index in [9.17, 15) is 27.7 Å². The molecule has 0 unspecified atom stereocenters. The Morgan fingerprint density at radius 1 is 1.22 bits per heavy atom. The maximum atomic E-state index is 15.2. The van der Waals surface area contributed by atoms with Gasteiger partial charge in [0.15, 0.2) is 0 Å². The van der Waals surface area contributed by atoms with Gasteiger partial charge in [0.1, 0.15) is 40.1 Å². The van der Waals surface area contributed by atoms with E-state index in [1.165, 1.54) is 13.0 Å². The number of hydrogen-bond donors (Lipinski definition) is 5. The minimum atomic E-state index is -3.38. The van der Waals surface area contributed by atoms with E-state index in [-0.39, 0.29) is 28.8 Å². The van der Waals surface area contributed by atoms with Crippen molar-refractivity contribution in [3.63, 3.8) is 0 Å². The summed E-state index contributed by atoms with van der Waals surface area (Å²) >= 11 is 0. The van der Waals surface area contributed by atoms with Crippen LogP contribution in [0.4, 0.5) is 23.8 Å². The van der Waals surface area contributed by atoms with Gasteiger partial charge in [-0.3, -0.25) is 24.0 Å². The first-order valence-corrected chi connectivity index (χ1v) is 12.9. The molecule has 2 aromatic rings. The lowest BCUT2D eigenvalue weighted by Gasteiger charge is -2.50. The molecule has 4 N–H and O–H groups in total. The summed E-state index contributed by atoms with van der Waals surface area (Å²) in [5.74, 6) is -1.95. The Hall–Kier alpha value is -3.59. The van der Waals surface area contributed by atoms with Crippen LogP contribution in [0, 0.1) is 5.82 Å². The Labute approximate surface area is 210 Å². The zero-order valence-corrected chi connectivity index (χ0v) is 20.9. The number of nitrogens with one attached hydrogen (secondary N) is 3. The maximum Gasteiger partial charge on any atom is 0.410 e. The van der Waals surface area contributed by atoms with E-state index in [1.54, 1.807) is 13.8 Å². The number of amides is 2. The lowest BCUT2D eigenvalue weighted by Crippen LogP contribution is -2.66. The highest BCUT2D eigenvalue weighted by atomic mass is 32.3. The fourth-order valence-corrected chi connectivity index (χ4v) is 8.37. The molecule has 200 valence electrons. The molecule has 1 saturated heterocycles. The van der Waals surface area contributed by atoms with Crippen molar-refractivity contribution >= 4 is 33.8 Å². The molecule has 2 amide bonds. The van der Waals surface area contributed by atoms with Gasteiger partial charge in [-0.05, 0) is 61.6 Å². The molecular weight excluding hydrogens is 517 g/mol. The number of rotatable bonds is 5. The molecule has 0 bridgehead atoms. The molecule has 0 saturated carbocycles. The summed E-state index contributed by atoms with van der Waals surface area (Å²) in [6.45, 7) is 2.05. The van der Waals surface area contributed by atoms with E-state index >= 15 is 4.39 Å². The van der Waals surface area contributed by atoms with Gasteiger partial charge in [-0.25, -0.2) is 19.2 Å². The van der Waals surface area contributed by atoms with E-state index in [0.29, 0.717) is 13.0 Å². The van der Waals surface area contributed by atoms with Gasteiger partial charge in [-0.15, -0.1) is 0 Å². The molecular formula is C22H25F3N6O5S. The van der Waals surface area contributed by atoms with Crippen LogP contribution in [-0.2, 0) is 15.7 Å². The highest BCUT2D eigenvalue weighted by Gasteiger charge is 2.59. The third-order valence-corrected chi connectivity index (χ3v) is 10.8. The topological polar surface area (TPSA) is 155 Å². The summed E-state index contributed by atoms with van der Waals surface area (Å²) < 4.78 is 60.0. The number of carboxylic acid groups (broad SMARTS) is 1. The van der Waals surface area contributed by atoms with Crippen LogP contribution in [0.3, 0.4) is 0 Å². The van der Waals surface area contributed by atoms with Crippen molar-refractivity contribution in [2.24, 2.45) is 4.99 Å². The first kappa shape index (κ1) is 26.5. The van der Waals surface area contributed by atoms with Crippen molar-refractivity contribution in [2.45, 2.75) is 49.3 Å². The van der Waals surface area contributed by atoms with Crippen molar-refractivity contribution < 1.29 is 36.8 Å². The molecule has 4 heterocycles. The molecule has 2 aliphatic heterocycles. The number of anilines is 1. The van der Waals surface area contributed by atoms with E-state index < -0.39 is 50.1 Å². The first-order chi connectivity index (χ1) is 17.3. The second-order valence-electron chi connectivity index (χ2n) is 9.21. The minimum absolute atomic E-state index is 0.0779. The molecule has 1 fully saturated rings. The number of pyridine rings is 2. The van der Waals surface area contributed by atoms with Gasteiger partial charge >= 0.3 is 12.7 Å². The molecule has 37 heavy (non-hydrogen) atoms. The van der Waals surface area contributed by atoms with Gasteiger partial charge in [0.05, 0.1) is 16.2 Å². The second-order valence-corrected chi connectivity index (χ2v) is 12.6. The smallest absolute Gasteiger partial charge is 0.410 e. The van der Waals surface area contributed by atoms with Crippen LogP contribution in [0.2, 0.25) is 0 Å². The number of carbonyl (C=O) groups is 2. The third kappa shape index (κ3) is 4.64. The quantitative estimate of drug-likeness (QED) is 0.364. The summed E-state index contributed by atoms with van der Waals surface area (Å²) in [6, 6.07) is 4.56. The van der Waals surface area contributed by atoms with Crippen LogP contribution in [0.25, 0.3) is 0 Å². The fourth-order valence-electron chi connectivity index (χ4n) is 4.71. The molecule has 2 aliphatic rings. The van der Waals surface area contributed by atoms with Crippen LogP contribution in [0.1, 0.15) is 43.4 Å².